The van der Waals surface area contributed by atoms with E-state index in [0.29, 0.717) is 17.9 Å². The summed E-state index contributed by atoms with van der Waals surface area (Å²) in [6, 6.07) is 6.26. The first kappa shape index (κ1) is 13.8. The van der Waals surface area contributed by atoms with Crippen LogP contribution < -0.4 is 5.32 Å². The molecule has 102 valence electrons. The molecule has 2 saturated heterocycles. The zero-order valence-electron chi connectivity index (χ0n) is 10.7. The molecular weight excluding hydrogens is 419 g/mol. The fourth-order valence-electron chi connectivity index (χ4n) is 3.25. The second-order valence-electron chi connectivity index (χ2n) is 5.40. The van der Waals surface area contributed by atoms with Crippen molar-refractivity contribution < 1.29 is 4.79 Å². The lowest BCUT2D eigenvalue weighted by Crippen LogP contribution is -2.38. The van der Waals surface area contributed by atoms with Gasteiger partial charge in [0.25, 0.3) is 5.91 Å². The molecule has 0 spiro atoms. The lowest BCUT2D eigenvalue weighted by molar-refractivity contribution is 0.0727. The molecule has 1 aromatic rings. The molecule has 2 fully saturated rings. The van der Waals surface area contributed by atoms with E-state index < -0.39 is 0 Å². The van der Waals surface area contributed by atoms with Crippen LogP contribution in [0.3, 0.4) is 0 Å². The van der Waals surface area contributed by atoms with E-state index in [9.17, 15) is 4.79 Å². The number of rotatable bonds is 1. The fraction of sp³-hybridized carbons (Fsp3) is 0.500. The minimum atomic E-state index is 0.160. The average Bonchev–Trinajstić information content (AvgIpc) is 2.95. The van der Waals surface area contributed by atoms with E-state index in [1.807, 2.05) is 23.1 Å². The normalized spacial score (nSPS) is 29.6. The van der Waals surface area contributed by atoms with Crippen molar-refractivity contribution in [2.75, 3.05) is 19.6 Å². The largest absolute Gasteiger partial charge is 0.335 e. The van der Waals surface area contributed by atoms with Crippen molar-refractivity contribution in [1.29, 1.82) is 0 Å². The van der Waals surface area contributed by atoms with Crippen LogP contribution in [0.1, 0.15) is 17.3 Å². The van der Waals surface area contributed by atoms with Gasteiger partial charge in [-0.25, -0.2) is 0 Å². The quantitative estimate of drug-likeness (QED) is 0.689. The summed E-state index contributed by atoms with van der Waals surface area (Å²) in [4.78, 5) is 14.8. The summed E-state index contributed by atoms with van der Waals surface area (Å²) in [6.45, 7) is 5.16. The number of nitrogens with one attached hydrogen (secondary N) is 1. The van der Waals surface area contributed by atoms with E-state index in [2.05, 4.69) is 50.8 Å². The summed E-state index contributed by atoms with van der Waals surface area (Å²) in [5.74, 6) is 1.40. The van der Waals surface area contributed by atoms with Crippen LogP contribution in [0.15, 0.2) is 22.7 Å². The predicted molar refractivity (Wildman–Crippen MR) is 87.2 cm³/mol. The molecule has 19 heavy (non-hydrogen) atoms. The summed E-state index contributed by atoms with van der Waals surface area (Å²) in [7, 11) is 0. The number of carbonyl (C=O) groups excluding carboxylic acids is 1. The smallest absolute Gasteiger partial charge is 0.255 e. The summed E-state index contributed by atoms with van der Waals surface area (Å²) in [6.07, 6.45) is 0. The minimum absolute atomic E-state index is 0.160. The van der Waals surface area contributed by atoms with Crippen LogP contribution in [-0.4, -0.2) is 36.5 Å². The molecule has 3 unspecified atom stereocenters. The van der Waals surface area contributed by atoms with Crippen LogP contribution >= 0.6 is 38.5 Å². The second-order valence-corrected chi connectivity index (χ2v) is 7.50. The van der Waals surface area contributed by atoms with E-state index in [1.165, 1.54) is 0 Å². The average molecular weight is 435 g/mol. The molecule has 0 saturated carbocycles. The SMILES string of the molecule is CC1C2CNCC2CN1C(=O)c1cc(I)ccc1Br. The number of likely N-dealkylation sites (tertiary alicyclic amines) is 1. The number of hydrogen-bond donors (Lipinski definition) is 1. The zero-order valence-corrected chi connectivity index (χ0v) is 14.4. The molecule has 0 bridgehead atoms. The van der Waals surface area contributed by atoms with Crippen molar-refractivity contribution in [2.24, 2.45) is 11.8 Å². The molecule has 3 atom stereocenters. The molecule has 5 heteroatoms. The maximum absolute atomic E-state index is 12.7. The Bertz CT molecular complexity index is 522. The first-order chi connectivity index (χ1) is 9.08. The number of benzene rings is 1. The maximum atomic E-state index is 12.7. The number of halogens is 2. The van der Waals surface area contributed by atoms with Crippen molar-refractivity contribution in [3.05, 3.63) is 31.8 Å². The van der Waals surface area contributed by atoms with Gasteiger partial charge in [-0.05, 0) is 75.5 Å². The van der Waals surface area contributed by atoms with Gasteiger partial charge in [0.05, 0.1) is 5.56 Å². The molecular formula is C14H16BrIN2O. The number of amides is 1. The summed E-state index contributed by atoms with van der Waals surface area (Å²) >= 11 is 5.75. The van der Waals surface area contributed by atoms with Crippen LogP contribution in [-0.2, 0) is 0 Å². The molecule has 1 amide bonds. The first-order valence-corrected chi connectivity index (χ1v) is 8.42. The molecule has 2 heterocycles. The second kappa shape index (κ2) is 5.33. The standard InChI is InChI=1S/C14H16BrIN2O/c1-8-12-6-17-5-9(12)7-18(8)14(19)11-4-10(16)2-3-13(11)15/h2-4,8-9,12,17H,5-7H2,1H3. The van der Waals surface area contributed by atoms with Gasteiger partial charge in [-0.1, -0.05) is 0 Å². The summed E-state index contributed by atoms with van der Waals surface area (Å²) in [5.41, 5.74) is 0.784. The van der Waals surface area contributed by atoms with Crippen LogP contribution in [0, 0.1) is 15.4 Å². The Morgan fingerprint density at radius 2 is 2.26 bits per heavy atom. The Hall–Kier alpha value is -0.140. The van der Waals surface area contributed by atoms with Crippen molar-refractivity contribution in [2.45, 2.75) is 13.0 Å². The first-order valence-electron chi connectivity index (χ1n) is 6.54. The van der Waals surface area contributed by atoms with Gasteiger partial charge in [-0.2, -0.15) is 0 Å². The third kappa shape index (κ3) is 2.45. The Labute approximate surface area is 135 Å². The monoisotopic (exact) mass is 434 g/mol. The van der Waals surface area contributed by atoms with Crippen LogP contribution in [0.2, 0.25) is 0 Å². The Kier molecular flexibility index (Phi) is 3.88. The number of carbonyl (C=O) groups is 1. The molecule has 3 nitrogen and oxygen atoms in total. The van der Waals surface area contributed by atoms with Crippen molar-refractivity contribution >= 4 is 44.4 Å². The van der Waals surface area contributed by atoms with E-state index in [4.69, 9.17) is 0 Å². The minimum Gasteiger partial charge on any atom is -0.335 e. The molecule has 3 rings (SSSR count). The van der Waals surface area contributed by atoms with Gasteiger partial charge in [-0.3, -0.25) is 4.79 Å². The highest BCUT2D eigenvalue weighted by atomic mass is 127. The van der Waals surface area contributed by atoms with Gasteiger partial charge in [0.15, 0.2) is 0 Å². The highest BCUT2D eigenvalue weighted by Gasteiger charge is 2.44. The number of nitrogens with zero attached hydrogens (tertiary/aromatic N) is 1. The molecule has 1 aromatic carbocycles. The molecule has 1 N–H and O–H groups in total. The van der Waals surface area contributed by atoms with Gasteiger partial charge in [0.2, 0.25) is 0 Å². The molecule has 2 aliphatic heterocycles. The van der Waals surface area contributed by atoms with E-state index >= 15 is 0 Å². The summed E-state index contributed by atoms with van der Waals surface area (Å²) < 4.78 is 1.98. The Morgan fingerprint density at radius 1 is 1.47 bits per heavy atom. The van der Waals surface area contributed by atoms with Gasteiger partial charge in [0.1, 0.15) is 0 Å². The topological polar surface area (TPSA) is 32.3 Å². The van der Waals surface area contributed by atoms with E-state index in [1.54, 1.807) is 0 Å². The number of hydrogen-bond acceptors (Lipinski definition) is 2. The van der Waals surface area contributed by atoms with Gasteiger partial charge < -0.3 is 10.2 Å². The van der Waals surface area contributed by atoms with Gasteiger partial charge >= 0.3 is 0 Å². The maximum Gasteiger partial charge on any atom is 0.255 e. The third-order valence-corrected chi connectivity index (χ3v) is 5.72. The lowest BCUT2D eigenvalue weighted by Gasteiger charge is -2.25. The lowest BCUT2D eigenvalue weighted by atomic mass is 9.95. The Balaban J connectivity index is 1.86. The van der Waals surface area contributed by atoms with Crippen molar-refractivity contribution in [3.8, 4) is 0 Å². The fourth-order valence-corrected chi connectivity index (χ4v) is 4.16. The number of fused-ring (bicyclic) bond motifs is 1. The predicted octanol–water partition coefficient (Wildman–Crippen LogP) is 2.73. The summed E-state index contributed by atoms with van der Waals surface area (Å²) in [5, 5.41) is 3.43. The van der Waals surface area contributed by atoms with Crippen molar-refractivity contribution in [1.82, 2.24) is 10.2 Å². The molecule has 0 aliphatic carbocycles. The Morgan fingerprint density at radius 3 is 3.00 bits per heavy atom. The third-order valence-electron chi connectivity index (χ3n) is 4.35. The van der Waals surface area contributed by atoms with Gasteiger partial charge in [-0.15, -0.1) is 0 Å². The molecule has 0 radical (unpaired) electrons. The molecule has 0 aromatic heterocycles. The highest BCUT2D eigenvalue weighted by molar-refractivity contribution is 14.1. The molecule has 2 aliphatic rings. The van der Waals surface area contributed by atoms with E-state index in [-0.39, 0.29) is 5.91 Å². The van der Waals surface area contributed by atoms with Crippen LogP contribution in [0.4, 0.5) is 0 Å². The van der Waals surface area contributed by atoms with E-state index in [0.717, 1.165) is 33.2 Å². The zero-order chi connectivity index (χ0) is 13.6. The van der Waals surface area contributed by atoms with Gasteiger partial charge in [0, 0.05) is 33.7 Å². The van der Waals surface area contributed by atoms with Crippen LogP contribution in [0.25, 0.3) is 0 Å². The van der Waals surface area contributed by atoms with Crippen LogP contribution in [0.5, 0.6) is 0 Å². The highest BCUT2D eigenvalue weighted by Crippen LogP contribution is 2.34. The van der Waals surface area contributed by atoms with Crippen molar-refractivity contribution in [3.63, 3.8) is 0 Å².